The summed E-state index contributed by atoms with van der Waals surface area (Å²) < 4.78 is 5.37. The van der Waals surface area contributed by atoms with Gasteiger partial charge in [0.2, 0.25) is 0 Å². The molecule has 2 unspecified atom stereocenters. The summed E-state index contributed by atoms with van der Waals surface area (Å²) in [4.78, 5) is 13.9. The average Bonchev–Trinajstić information content (AvgIpc) is 2.98. The Morgan fingerprint density at radius 3 is 2.63 bits per heavy atom. The van der Waals surface area contributed by atoms with Crippen LogP contribution in [0.15, 0.2) is 36.6 Å². The van der Waals surface area contributed by atoms with Gasteiger partial charge >= 0.3 is 6.09 Å². The molecule has 2 fully saturated rings. The second-order valence-electron chi connectivity index (χ2n) is 5.33. The lowest BCUT2D eigenvalue weighted by Crippen LogP contribution is -2.29. The molecule has 1 saturated carbocycles. The number of likely N-dealkylation sites (tertiary alicyclic amines) is 1. The summed E-state index contributed by atoms with van der Waals surface area (Å²) in [5.41, 5.74) is 0. The Bertz CT molecular complexity index is 386. The van der Waals surface area contributed by atoms with Crippen LogP contribution in [-0.4, -0.2) is 24.1 Å². The predicted molar refractivity (Wildman–Crippen MR) is 76.6 cm³/mol. The molecule has 2 atom stereocenters. The highest BCUT2D eigenvalue weighted by molar-refractivity contribution is 5.69. The number of carbonyl (C=O) groups excluding carboxylic acids is 1. The molecule has 0 N–H and O–H groups in total. The first-order valence-electron chi connectivity index (χ1n) is 7.20. The maximum Gasteiger partial charge on any atom is 0.415 e. The van der Waals surface area contributed by atoms with Crippen molar-refractivity contribution in [3.63, 3.8) is 0 Å². The minimum absolute atomic E-state index is 0.231. The second-order valence-corrected chi connectivity index (χ2v) is 5.33. The van der Waals surface area contributed by atoms with Crippen LogP contribution in [0.1, 0.15) is 32.6 Å². The molecule has 0 radical (unpaired) electrons. The summed E-state index contributed by atoms with van der Waals surface area (Å²) in [5.74, 6) is 1.92. The maximum atomic E-state index is 12.1. The van der Waals surface area contributed by atoms with E-state index < -0.39 is 0 Å². The monoisotopic (exact) mass is 261 g/mol. The average molecular weight is 261 g/mol. The lowest BCUT2D eigenvalue weighted by atomic mass is 10.0. The summed E-state index contributed by atoms with van der Waals surface area (Å²) in [7, 11) is 0. The fraction of sp³-hybridized carbons (Fsp3) is 0.562. The van der Waals surface area contributed by atoms with Crippen molar-refractivity contribution in [1.29, 1.82) is 0 Å². The van der Waals surface area contributed by atoms with Gasteiger partial charge in [0.25, 0.3) is 0 Å². The fourth-order valence-electron chi connectivity index (χ4n) is 2.99. The molecule has 0 aromatic rings. The molecule has 1 aliphatic carbocycles. The number of hydrogen-bond donors (Lipinski definition) is 0. The Morgan fingerprint density at radius 1 is 1.37 bits per heavy atom. The Kier molecular flexibility index (Phi) is 4.83. The van der Waals surface area contributed by atoms with Crippen molar-refractivity contribution >= 4 is 6.09 Å². The van der Waals surface area contributed by atoms with Gasteiger partial charge in [0, 0.05) is 13.1 Å². The van der Waals surface area contributed by atoms with Gasteiger partial charge < -0.3 is 9.64 Å². The van der Waals surface area contributed by atoms with Gasteiger partial charge in [0.05, 0.1) is 0 Å². The molecule has 0 aromatic carbocycles. The molecule has 104 valence electrons. The quantitative estimate of drug-likeness (QED) is 0.567. The van der Waals surface area contributed by atoms with Crippen LogP contribution < -0.4 is 0 Å². The van der Waals surface area contributed by atoms with Gasteiger partial charge in [-0.15, -0.1) is 0 Å². The molecule has 3 nitrogen and oxygen atoms in total. The molecule has 0 bridgehead atoms. The minimum Gasteiger partial charge on any atom is -0.410 e. The van der Waals surface area contributed by atoms with Crippen molar-refractivity contribution in [3.05, 3.63) is 36.6 Å². The lowest BCUT2D eigenvalue weighted by molar-refractivity contribution is 0.137. The first-order chi connectivity index (χ1) is 9.24. The Balaban J connectivity index is 1.88. The van der Waals surface area contributed by atoms with Crippen molar-refractivity contribution in [2.24, 2.45) is 11.8 Å². The predicted octanol–water partition coefficient (Wildman–Crippen LogP) is 3.89. The number of rotatable bonds is 4. The molecule has 3 heteroatoms. The lowest BCUT2D eigenvalue weighted by Gasteiger charge is -2.17. The first kappa shape index (κ1) is 13.9. The minimum atomic E-state index is -0.231. The Hall–Kier alpha value is -1.51. The zero-order valence-corrected chi connectivity index (χ0v) is 11.7. The third kappa shape index (κ3) is 3.49. The highest BCUT2D eigenvalue weighted by Crippen LogP contribution is 2.37. The maximum absolute atomic E-state index is 12.1. The van der Waals surface area contributed by atoms with E-state index in [0.717, 1.165) is 19.5 Å². The molecule has 1 aliphatic heterocycles. The van der Waals surface area contributed by atoms with E-state index in [1.807, 2.05) is 17.1 Å². The molecular formula is C16H23NO2. The number of amides is 1. The van der Waals surface area contributed by atoms with Crippen LogP contribution in [-0.2, 0) is 4.74 Å². The number of carbonyl (C=O) groups is 1. The second kappa shape index (κ2) is 6.60. The van der Waals surface area contributed by atoms with Crippen molar-refractivity contribution in [3.8, 4) is 0 Å². The molecule has 1 amide bonds. The van der Waals surface area contributed by atoms with Crippen molar-refractivity contribution in [1.82, 2.24) is 4.90 Å². The molecule has 1 saturated heterocycles. The number of ether oxygens (including phenoxy) is 1. The van der Waals surface area contributed by atoms with Crippen molar-refractivity contribution < 1.29 is 9.53 Å². The molecule has 1 heterocycles. The van der Waals surface area contributed by atoms with E-state index >= 15 is 0 Å². The van der Waals surface area contributed by atoms with E-state index in [-0.39, 0.29) is 6.09 Å². The van der Waals surface area contributed by atoms with E-state index in [0.29, 0.717) is 17.6 Å². The van der Waals surface area contributed by atoms with Crippen LogP contribution in [0.5, 0.6) is 0 Å². The molecular weight excluding hydrogens is 238 g/mol. The van der Waals surface area contributed by atoms with E-state index in [1.54, 1.807) is 12.2 Å². The summed E-state index contributed by atoms with van der Waals surface area (Å²) in [6.45, 7) is 7.46. The zero-order valence-electron chi connectivity index (χ0n) is 11.7. The smallest absolute Gasteiger partial charge is 0.410 e. The summed E-state index contributed by atoms with van der Waals surface area (Å²) in [5, 5.41) is 0. The molecule has 2 aliphatic rings. The normalized spacial score (nSPS) is 26.8. The van der Waals surface area contributed by atoms with Crippen molar-refractivity contribution in [2.75, 3.05) is 13.1 Å². The highest BCUT2D eigenvalue weighted by Gasteiger charge is 2.38. The third-order valence-electron chi connectivity index (χ3n) is 4.02. The van der Waals surface area contributed by atoms with Crippen LogP contribution in [0.4, 0.5) is 4.79 Å². The van der Waals surface area contributed by atoms with Crippen LogP contribution >= 0.6 is 0 Å². The van der Waals surface area contributed by atoms with Gasteiger partial charge in [0.1, 0.15) is 5.76 Å². The topological polar surface area (TPSA) is 29.5 Å². The molecule has 19 heavy (non-hydrogen) atoms. The van der Waals surface area contributed by atoms with Crippen LogP contribution in [0.2, 0.25) is 0 Å². The van der Waals surface area contributed by atoms with E-state index in [4.69, 9.17) is 4.74 Å². The highest BCUT2D eigenvalue weighted by atomic mass is 16.6. The van der Waals surface area contributed by atoms with E-state index in [1.165, 1.54) is 19.3 Å². The van der Waals surface area contributed by atoms with Crippen LogP contribution in [0.25, 0.3) is 0 Å². The van der Waals surface area contributed by atoms with Crippen LogP contribution in [0, 0.1) is 11.8 Å². The number of allylic oxidation sites excluding steroid dienone is 4. The summed E-state index contributed by atoms with van der Waals surface area (Å²) in [6.07, 6.45) is 11.8. The fourth-order valence-corrected chi connectivity index (χ4v) is 2.99. The zero-order chi connectivity index (χ0) is 13.7. The molecule has 2 rings (SSSR count). The SMILES string of the molecule is C=CC(=CC=CCC)OC(=O)N1CC2CCCC2C1. The Morgan fingerprint density at radius 2 is 2.05 bits per heavy atom. The van der Waals surface area contributed by atoms with Gasteiger partial charge in [-0.1, -0.05) is 32.1 Å². The summed E-state index contributed by atoms with van der Waals surface area (Å²) in [6, 6.07) is 0. The Labute approximate surface area is 115 Å². The largest absolute Gasteiger partial charge is 0.415 e. The number of fused-ring (bicyclic) bond motifs is 1. The standard InChI is InChI=1S/C16H23NO2/c1-3-5-6-10-15(4-2)19-16(18)17-11-13-8-7-9-14(13)12-17/h4-6,10,13-14H,2-3,7-9,11-12H2,1H3. The van der Waals surface area contributed by atoms with Gasteiger partial charge in [-0.3, -0.25) is 0 Å². The van der Waals surface area contributed by atoms with Gasteiger partial charge in [-0.05, 0) is 43.3 Å². The van der Waals surface area contributed by atoms with Gasteiger partial charge in [0.15, 0.2) is 0 Å². The van der Waals surface area contributed by atoms with E-state index in [2.05, 4.69) is 13.5 Å². The number of hydrogen-bond acceptors (Lipinski definition) is 2. The number of nitrogens with zero attached hydrogens (tertiary/aromatic N) is 1. The summed E-state index contributed by atoms with van der Waals surface area (Å²) >= 11 is 0. The van der Waals surface area contributed by atoms with E-state index in [9.17, 15) is 4.79 Å². The van der Waals surface area contributed by atoms with Crippen molar-refractivity contribution in [2.45, 2.75) is 32.6 Å². The molecule has 0 spiro atoms. The first-order valence-corrected chi connectivity index (χ1v) is 7.20. The van der Waals surface area contributed by atoms with Crippen LogP contribution in [0.3, 0.4) is 0 Å². The van der Waals surface area contributed by atoms with Gasteiger partial charge in [-0.25, -0.2) is 4.79 Å². The van der Waals surface area contributed by atoms with Gasteiger partial charge in [-0.2, -0.15) is 0 Å². The molecule has 0 aromatic heterocycles. The third-order valence-corrected chi connectivity index (χ3v) is 4.02.